The number of hydrogen-bond donors (Lipinski definition) is 3. The molecule has 1 aliphatic heterocycles. The quantitative estimate of drug-likeness (QED) is 0.585. The fourth-order valence-electron chi connectivity index (χ4n) is 2.18. The number of nitrogens with one attached hydrogen (secondary N) is 1. The van der Waals surface area contributed by atoms with Crippen molar-refractivity contribution in [2.45, 2.75) is 31.7 Å². The molecule has 3 N–H and O–H groups in total. The molecule has 1 aliphatic rings. The highest BCUT2D eigenvalue weighted by Crippen LogP contribution is 2.16. The normalized spacial score (nSPS) is 17.1. The second kappa shape index (κ2) is 8.46. The van der Waals surface area contributed by atoms with E-state index in [1.54, 1.807) is 0 Å². The second-order valence-corrected chi connectivity index (χ2v) is 5.07. The molecular formula is C13H22N2O6. The summed E-state index contributed by atoms with van der Waals surface area (Å²) in [4.78, 5) is 35.7. The third-order valence-corrected chi connectivity index (χ3v) is 3.62. The van der Waals surface area contributed by atoms with Crippen LogP contribution in [0.2, 0.25) is 0 Å². The van der Waals surface area contributed by atoms with Gasteiger partial charge in [0.25, 0.3) is 0 Å². The van der Waals surface area contributed by atoms with Crippen LogP contribution in [0.15, 0.2) is 0 Å². The number of rotatable bonds is 6. The Morgan fingerprint density at radius 2 is 1.95 bits per heavy atom. The number of carbonyl (C=O) groups is 3. The Morgan fingerprint density at radius 1 is 1.33 bits per heavy atom. The maximum absolute atomic E-state index is 12.0. The molecule has 8 nitrogen and oxygen atoms in total. The van der Waals surface area contributed by atoms with Gasteiger partial charge in [-0.25, -0.2) is 9.59 Å². The van der Waals surface area contributed by atoms with Gasteiger partial charge in [0.15, 0.2) is 0 Å². The Morgan fingerprint density at radius 3 is 2.43 bits per heavy atom. The Hall–Kier alpha value is -1.83. The molecule has 1 saturated heterocycles. The van der Waals surface area contributed by atoms with Gasteiger partial charge in [0.05, 0.1) is 7.11 Å². The van der Waals surface area contributed by atoms with Gasteiger partial charge in [0.1, 0.15) is 6.04 Å². The number of aliphatic hydroxyl groups excluding tert-OH is 1. The zero-order valence-corrected chi connectivity index (χ0v) is 12.1. The van der Waals surface area contributed by atoms with Crippen molar-refractivity contribution in [1.29, 1.82) is 0 Å². The molecule has 0 aromatic heterocycles. The van der Waals surface area contributed by atoms with E-state index in [4.69, 9.17) is 10.2 Å². The van der Waals surface area contributed by atoms with Gasteiger partial charge in [-0.3, -0.25) is 4.79 Å². The molecule has 1 rings (SSSR count). The van der Waals surface area contributed by atoms with Crippen LogP contribution in [0.1, 0.15) is 25.7 Å². The van der Waals surface area contributed by atoms with Crippen molar-refractivity contribution < 1.29 is 29.3 Å². The van der Waals surface area contributed by atoms with Crippen molar-refractivity contribution in [2.24, 2.45) is 5.92 Å². The first-order chi connectivity index (χ1) is 9.97. The Bertz CT molecular complexity index is 379. The smallest absolute Gasteiger partial charge is 0.326 e. The highest BCUT2D eigenvalue weighted by atomic mass is 16.5. The van der Waals surface area contributed by atoms with Crippen molar-refractivity contribution in [2.75, 3.05) is 26.8 Å². The lowest BCUT2D eigenvalue weighted by atomic mass is 9.98. The Balaban J connectivity index is 2.45. The fourth-order valence-corrected chi connectivity index (χ4v) is 2.18. The Kier molecular flexibility index (Phi) is 6.93. The molecule has 0 saturated carbocycles. The number of methoxy groups -OCH3 is 1. The number of esters is 1. The first-order valence-electron chi connectivity index (χ1n) is 6.93. The number of aliphatic carboxylic acids is 1. The number of carboxylic acids is 1. The van der Waals surface area contributed by atoms with Crippen molar-refractivity contribution in [3.05, 3.63) is 0 Å². The molecular weight excluding hydrogens is 280 g/mol. The summed E-state index contributed by atoms with van der Waals surface area (Å²) in [6.45, 7) is 1.08. The number of ether oxygens (including phenoxy) is 1. The molecule has 0 unspecified atom stereocenters. The molecule has 21 heavy (non-hydrogen) atoms. The first-order valence-corrected chi connectivity index (χ1v) is 6.93. The number of hydrogen-bond acceptors (Lipinski definition) is 5. The molecule has 0 bridgehead atoms. The van der Waals surface area contributed by atoms with E-state index >= 15 is 0 Å². The van der Waals surface area contributed by atoms with E-state index < -0.39 is 24.0 Å². The summed E-state index contributed by atoms with van der Waals surface area (Å²) in [6, 6.07) is -1.57. The number of carbonyl (C=O) groups excluding carboxylic acids is 2. The van der Waals surface area contributed by atoms with Gasteiger partial charge < -0.3 is 25.2 Å². The average Bonchev–Trinajstić information content (AvgIpc) is 2.50. The fraction of sp³-hybridized carbons (Fsp3) is 0.769. The van der Waals surface area contributed by atoms with Gasteiger partial charge in [-0.05, 0) is 25.2 Å². The highest BCUT2D eigenvalue weighted by molar-refractivity contribution is 5.83. The number of amides is 2. The lowest BCUT2D eigenvalue weighted by molar-refractivity contribution is -0.142. The number of carboxylic acid groups (broad SMARTS) is 1. The van der Waals surface area contributed by atoms with E-state index in [1.807, 2.05) is 0 Å². The van der Waals surface area contributed by atoms with Gasteiger partial charge >= 0.3 is 18.0 Å². The molecule has 0 aromatic carbocycles. The van der Waals surface area contributed by atoms with Crippen molar-refractivity contribution in [3.63, 3.8) is 0 Å². The minimum atomic E-state index is -1.18. The van der Waals surface area contributed by atoms with Crippen LogP contribution >= 0.6 is 0 Å². The summed E-state index contributed by atoms with van der Waals surface area (Å²) in [5.41, 5.74) is 0. The Labute approximate surface area is 123 Å². The predicted octanol–water partition coefficient (Wildman–Crippen LogP) is -0.193. The van der Waals surface area contributed by atoms with E-state index in [1.165, 1.54) is 12.0 Å². The largest absolute Gasteiger partial charge is 0.480 e. The van der Waals surface area contributed by atoms with Gasteiger partial charge in [0.2, 0.25) is 0 Å². The van der Waals surface area contributed by atoms with Crippen LogP contribution in [0, 0.1) is 5.92 Å². The van der Waals surface area contributed by atoms with Crippen LogP contribution < -0.4 is 5.32 Å². The lowest BCUT2D eigenvalue weighted by Crippen LogP contribution is -2.50. The minimum absolute atomic E-state index is 0.0130. The maximum Gasteiger partial charge on any atom is 0.326 e. The van der Waals surface area contributed by atoms with Crippen LogP contribution in [-0.4, -0.2) is 65.9 Å². The number of nitrogens with zero attached hydrogens (tertiary/aromatic N) is 1. The number of piperidine rings is 1. The molecule has 120 valence electrons. The van der Waals surface area contributed by atoms with Gasteiger partial charge in [-0.15, -0.1) is 0 Å². The topological polar surface area (TPSA) is 116 Å². The summed E-state index contributed by atoms with van der Waals surface area (Å²) < 4.78 is 4.45. The number of urea groups is 1. The molecule has 1 atom stereocenters. The molecule has 1 heterocycles. The monoisotopic (exact) mass is 302 g/mol. The third-order valence-electron chi connectivity index (χ3n) is 3.62. The summed E-state index contributed by atoms with van der Waals surface area (Å²) in [5.74, 6) is -1.50. The van der Waals surface area contributed by atoms with Gasteiger partial charge in [-0.2, -0.15) is 0 Å². The molecule has 2 amide bonds. The maximum atomic E-state index is 12.0. The van der Waals surface area contributed by atoms with E-state index in [0.717, 1.165) is 0 Å². The summed E-state index contributed by atoms with van der Waals surface area (Å²) in [5, 5.41) is 20.5. The van der Waals surface area contributed by atoms with Crippen LogP contribution in [0.3, 0.4) is 0 Å². The summed E-state index contributed by atoms with van der Waals surface area (Å²) in [6.07, 6.45) is 1.31. The SMILES string of the molecule is COC(=O)CC[C@@H](NC(=O)N1CCC(CO)CC1)C(=O)O. The highest BCUT2D eigenvalue weighted by Gasteiger charge is 2.26. The van der Waals surface area contributed by atoms with Crippen LogP contribution in [-0.2, 0) is 14.3 Å². The number of likely N-dealkylation sites (tertiary alicyclic amines) is 1. The van der Waals surface area contributed by atoms with E-state index in [0.29, 0.717) is 25.9 Å². The average molecular weight is 302 g/mol. The summed E-state index contributed by atoms with van der Waals surface area (Å²) >= 11 is 0. The number of aliphatic hydroxyl groups is 1. The van der Waals surface area contributed by atoms with E-state index in [9.17, 15) is 14.4 Å². The molecule has 0 aromatic rings. The van der Waals surface area contributed by atoms with Crippen molar-refractivity contribution in [3.8, 4) is 0 Å². The second-order valence-electron chi connectivity index (χ2n) is 5.07. The van der Waals surface area contributed by atoms with Crippen LogP contribution in [0.5, 0.6) is 0 Å². The predicted molar refractivity (Wildman–Crippen MR) is 72.6 cm³/mol. The zero-order chi connectivity index (χ0) is 15.8. The molecule has 0 spiro atoms. The van der Waals surface area contributed by atoms with Gasteiger partial charge in [-0.1, -0.05) is 0 Å². The van der Waals surface area contributed by atoms with Crippen LogP contribution in [0.4, 0.5) is 4.79 Å². The van der Waals surface area contributed by atoms with E-state index in [2.05, 4.69) is 10.1 Å². The van der Waals surface area contributed by atoms with Crippen molar-refractivity contribution in [1.82, 2.24) is 10.2 Å². The first kappa shape index (κ1) is 17.2. The molecule has 1 fully saturated rings. The van der Waals surface area contributed by atoms with E-state index in [-0.39, 0.29) is 25.4 Å². The van der Waals surface area contributed by atoms with Crippen molar-refractivity contribution >= 4 is 18.0 Å². The standard InChI is InChI=1S/C13H22N2O6/c1-21-11(17)3-2-10(12(18)19)14-13(20)15-6-4-9(8-16)5-7-15/h9-10,16H,2-8H2,1H3,(H,14,20)(H,18,19)/t10-/m1/s1. The lowest BCUT2D eigenvalue weighted by Gasteiger charge is -2.32. The third kappa shape index (κ3) is 5.58. The minimum Gasteiger partial charge on any atom is -0.480 e. The molecule has 0 radical (unpaired) electrons. The van der Waals surface area contributed by atoms with Gasteiger partial charge in [0, 0.05) is 26.1 Å². The molecule has 8 heteroatoms. The zero-order valence-electron chi connectivity index (χ0n) is 12.1. The van der Waals surface area contributed by atoms with Crippen LogP contribution in [0.25, 0.3) is 0 Å². The molecule has 0 aliphatic carbocycles. The summed E-state index contributed by atoms with van der Waals surface area (Å²) in [7, 11) is 1.22.